The zero-order valence-corrected chi connectivity index (χ0v) is 17.7. The molecule has 3 aromatic rings. The van der Waals surface area contributed by atoms with Crippen LogP contribution in [0.2, 0.25) is 0 Å². The lowest BCUT2D eigenvalue weighted by Crippen LogP contribution is -2.29. The summed E-state index contributed by atoms with van der Waals surface area (Å²) >= 11 is 3.80. The van der Waals surface area contributed by atoms with Crippen molar-refractivity contribution in [2.75, 3.05) is 12.0 Å². The number of thioether (sulfide) groups is 2. The molecule has 0 amide bonds. The molecule has 0 bridgehead atoms. The SMILES string of the molecule is CCSC(=C[P+](c1ccccc1)(c1ccccc1)c1ccccc1)SC. The van der Waals surface area contributed by atoms with Crippen molar-refractivity contribution in [3.05, 3.63) is 101 Å². The number of hydrogen-bond acceptors (Lipinski definition) is 2. The fourth-order valence-electron chi connectivity index (χ4n) is 3.11. The highest BCUT2D eigenvalue weighted by atomic mass is 32.2. The Labute approximate surface area is 166 Å². The first kappa shape index (κ1) is 19.3. The van der Waals surface area contributed by atoms with Gasteiger partial charge in [-0.05, 0) is 48.4 Å². The van der Waals surface area contributed by atoms with Crippen LogP contribution in [0.1, 0.15) is 6.92 Å². The fraction of sp³-hybridized carbons (Fsp3) is 0.130. The van der Waals surface area contributed by atoms with Gasteiger partial charge < -0.3 is 0 Å². The molecule has 132 valence electrons. The number of hydrogen-bond donors (Lipinski definition) is 0. The van der Waals surface area contributed by atoms with Crippen LogP contribution in [-0.4, -0.2) is 12.0 Å². The van der Waals surface area contributed by atoms with Gasteiger partial charge in [-0.25, -0.2) is 0 Å². The average molecular weight is 396 g/mol. The molecule has 0 atom stereocenters. The van der Waals surface area contributed by atoms with Gasteiger partial charge in [0.1, 0.15) is 23.2 Å². The summed E-state index contributed by atoms with van der Waals surface area (Å²) in [6.45, 7) is 2.22. The van der Waals surface area contributed by atoms with Gasteiger partial charge in [-0.3, -0.25) is 0 Å². The van der Waals surface area contributed by atoms with Gasteiger partial charge in [-0.2, -0.15) is 0 Å². The predicted molar refractivity (Wildman–Crippen MR) is 125 cm³/mol. The minimum absolute atomic E-state index is 1.09. The Hall–Kier alpha value is -1.47. The van der Waals surface area contributed by atoms with Gasteiger partial charge >= 0.3 is 0 Å². The first-order chi connectivity index (χ1) is 12.8. The highest BCUT2D eigenvalue weighted by molar-refractivity contribution is 8.22. The van der Waals surface area contributed by atoms with Crippen LogP contribution in [0.4, 0.5) is 0 Å². The number of benzene rings is 3. The van der Waals surface area contributed by atoms with Gasteiger partial charge in [-0.1, -0.05) is 61.5 Å². The van der Waals surface area contributed by atoms with Crippen molar-refractivity contribution in [1.29, 1.82) is 0 Å². The molecule has 0 aliphatic heterocycles. The maximum atomic E-state index is 2.56. The summed E-state index contributed by atoms with van der Waals surface area (Å²) in [5.41, 5.74) is 0. The van der Waals surface area contributed by atoms with Crippen LogP contribution >= 0.6 is 30.8 Å². The predicted octanol–water partition coefficient (Wildman–Crippen LogP) is 5.90. The minimum Gasteiger partial charge on any atom is -0.119 e. The van der Waals surface area contributed by atoms with Crippen molar-refractivity contribution < 1.29 is 0 Å². The zero-order chi connectivity index (χ0) is 18.2. The van der Waals surface area contributed by atoms with Crippen molar-refractivity contribution in [2.45, 2.75) is 6.92 Å². The molecule has 0 fully saturated rings. The molecule has 0 saturated heterocycles. The molecule has 0 aromatic heterocycles. The quantitative estimate of drug-likeness (QED) is 0.457. The summed E-state index contributed by atoms with van der Waals surface area (Å²) in [7, 11) is -1.86. The van der Waals surface area contributed by atoms with Crippen LogP contribution in [-0.2, 0) is 0 Å². The van der Waals surface area contributed by atoms with Crippen LogP contribution in [0.3, 0.4) is 0 Å². The average Bonchev–Trinajstić information content (AvgIpc) is 2.73. The summed E-state index contributed by atoms with van der Waals surface area (Å²) in [5, 5.41) is 4.21. The highest BCUT2D eigenvalue weighted by Gasteiger charge is 2.44. The molecule has 0 aliphatic rings. The number of rotatable bonds is 7. The second-order valence-electron chi connectivity index (χ2n) is 5.81. The molecule has 3 aromatic carbocycles. The fourth-order valence-corrected chi connectivity index (χ4v) is 9.47. The van der Waals surface area contributed by atoms with Gasteiger partial charge in [-0.15, -0.1) is 23.5 Å². The summed E-state index contributed by atoms with van der Waals surface area (Å²) in [4.78, 5) is 0. The topological polar surface area (TPSA) is 0 Å². The van der Waals surface area contributed by atoms with Crippen LogP contribution in [0.15, 0.2) is 101 Å². The summed E-state index contributed by atoms with van der Waals surface area (Å²) in [6.07, 6.45) is 2.18. The Balaban J connectivity index is 2.35. The van der Waals surface area contributed by atoms with E-state index in [1.807, 2.05) is 23.5 Å². The molecule has 0 radical (unpaired) electrons. The molecule has 0 spiro atoms. The minimum atomic E-state index is -1.86. The molecule has 0 saturated carbocycles. The first-order valence-corrected chi connectivity index (χ1v) is 12.8. The second-order valence-corrected chi connectivity index (χ2v) is 11.5. The second kappa shape index (κ2) is 9.46. The summed E-state index contributed by atoms with van der Waals surface area (Å²) in [6, 6.07) is 33.0. The lowest BCUT2D eigenvalue weighted by atomic mass is 10.4. The molecule has 0 unspecified atom stereocenters. The monoisotopic (exact) mass is 395 g/mol. The van der Waals surface area contributed by atoms with Crippen molar-refractivity contribution in [3.63, 3.8) is 0 Å². The van der Waals surface area contributed by atoms with Gasteiger partial charge in [0.15, 0.2) is 0 Å². The molecular formula is C23H24PS2+. The Bertz CT molecular complexity index is 733. The van der Waals surface area contributed by atoms with Gasteiger partial charge in [0, 0.05) is 0 Å². The van der Waals surface area contributed by atoms with Gasteiger partial charge in [0.05, 0.1) is 10.1 Å². The Morgan fingerprint density at radius 2 is 1.12 bits per heavy atom. The van der Waals surface area contributed by atoms with Crippen molar-refractivity contribution in [2.24, 2.45) is 0 Å². The van der Waals surface area contributed by atoms with E-state index in [-0.39, 0.29) is 0 Å². The molecule has 0 nitrogen and oxygen atoms in total. The van der Waals surface area contributed by atoms with E-state index in [2.05, 4.69) is 110 Å². The normalized spacial score (nSPS) is 12.2. The third-order valence-electron chi connectivity index (χ3n) is 4.28. The summed E-state index contributed by atoms with van der Waals surface area (Å²) < 4.78 is 1.40. The molecule has 3 rings (SSSR count). The van der Waals surface area contributed by atoms with Crippen LogP contribution < -0.4 is 15.9 Å². The van der Waals surface area contributed by atoms with Crippen molar-refractivity contribution in [1.82, 2.24) is 0 Å². The maximum absolute atomic E-state index is 2.56. The standard InChI is InChI=1S/C23H24PS2/c1-3-26-23(25-2)19-24(20-13-7-4-8-14-20,21-15-9-5-10-16-21)22-17-11-6-12-18-22/h4-19H,3H2,1-2H3/q+1. The molecule has 3 heteroatoms. The first-order valence-electron chi connectivity index (χ1n) is 8.76. The molecule has 26 heavy (non-hydrogen) atoms. The van der Waals surface area contributed by atoms with E-state index in [4.69, 9.17) is 0 Å². The highest BCUT2D eigenvalue weighted by Crippen LogP contribution is 2.59. The van der Waals surface area contributed by atoms with E-state index in [0.717, 1.165) is 5.75 Å². The van der Waals surface area contributed by atoms with Gasteiger partial charge in [0.2, 0.25) is 0 Å². The van der Waals surface area contributed by atoms with Crippen LogP contribution in [0.5, 0.6) is 0 Å². The van der Waals surface area contributed by atoms with Crippen molar-refractivity contribution >= 4 is 46.7 Å². The van der Waals surface area contributed by atoms with Gasteiger partial charge in [0.25, 0.3) is 0 Å². The Morgan fingerprint density at radius 1 is 0.731 bits per heavy atom. The van der Waals surface area contributed by atoms with E-state index in [1.54, 1.807) is 0 Å². The molecular weight excluding hydrogens is 371 g/mol. The van der Waals surface area contributed by atoms with Crippen molar-refractivity contribution in [3.8, 4) is 0 Å². The van der Waals surface area contributed by atoms with E-state index in [0.29, 0.717) is 0 Å². The van der Waals surface area contributed by atoms with E-state index >= 15 is 0 Å². The lowest BCUT2D eigenvalue weighted by Gasteiger charge is -2.25. The van der Waals surface area contributed by atoms with E-state index in [1.165, 1.54) is 20.2 Å². The zero-order valence-electron chi connectivity index (χ0n) is 15.2. The summed E-state index contributed by atoms with van der Waals surface area (Å²) in [5.74, 6) is 3.65. The van der Waals surface area contributed by atoms with Crippen LogP contribution in [0.25, 0.3) is 0 Å². The smallest absolute Gasteiger partial charge is 0.119 e. The maximum Gasteiger partial charge on any atom is 0.138 e. The third kappa shape index (κ3) is 4.09. The Morgan fingerprint density at radius 3 is 1.42 bits per heavy atom. The molecule has 0 aliphatic carbocycles. The van der Waals surface area contributed by atoms with E-state index < -0.39 is 7.26 Å². The van der Waals surface area contributed by atoms with Crippen LogP contribution in [0, 0.1) is 0 Å². The molecule has 0 N–H and O–H groups in total. The lowest BCUT2D eigenvalue weighted by molar-refractivity contribution is 1.53. The largest absolute Gasteiger partial charge is 0.138 e. The molecule has 0 heterocycles. The third-order valence-corrected chi connectivity index (χ3v) is 10.7. The Kier molecular flexibility index (Phi) is 7.02. The van der Waals surface area contributed by atoms with E-state index in [9.17, 15) is 0 Å².